The van der Waals surface area contributed by atoms with Crippen molar-refractivity contribution in [3.05, 3.63) is 86.5 Å². The summed E-state index contributed by atoms with van der Waals surface area (Å²) in [6, 6.07) is 14.1. The maximum atomic E-state index is 13.3. The topological polar surface area (TPSA) is 78.2 Å². The van der Waals surface area contributed by atoms with Crippen LogP contribution in [0.25, 0.3) is 32.8 Å². The number of aromatic nitrogens is 2. The second-order valence-corrected chi connectivity index (χ2v) is 6.94. The van der Waals surface area contributed by atoms with Crippen molar-refractivity contribution in [2.24, 2.45) is 0 Å². The zero-order chi connectivity index (χ0) is 18.4. The lowest BCUT2D eigenvalue weighted by molar-refractivity contribution is 0.490. The van der Waals surface area contributed by atoms with Crippen molar-refractivity contribution in [1.29, 1.82) is 0 Å². The second kappa shape index (κ2) is 6.07. The molecule has 0 spiro atoms. The summed E-state index contributed by atoms with van der Waals surface area (Å²) in [7, 11) is 0. The number of thiophene rings is 1. The maximum absolute atomic E-state index is 13.3. The molecular formula is C20H12N2O4S. The Morgan fingerprint density at radius 1 is 1.04 bits per heavy atom. The van der Waals surface area contributed by atoms with E-state index >= 15 is 0 Å². The Morgan fingerprint density at radius 2 is 1.93 bits per heavy atom. The minimum absolute atomic E-state index is 0.0443. The van der Waals surface area contributed by atoms with E-state index in [4.69, 9.17) is 8.83 Å². The van der Waals surface area contributed by atoms with E-state index in [1.54, 1.807) is 42.7 Å². The number of para-hydroxylation sites is 1. The molecule has 0 fully saturated rings. The Labute approximate surface area is 155 Å². The average molecular weight is 376 g/mol. The first-order valence-corrected chi connectivity index (χ1v) is 9.13. The summed E-state index contributed by atoms with van der Waals surface area (Å²) in [5.41, 5.74) is -0.375. The minimum atomic E-state index is -0.445. The SMILES string of the molecule is O=c1c2ccccc2oc2nc(-c3cccs3)n(Cc3ccco3)c(=O)c12. The van der Waals surface area contributed by atoms with Crippen LogP contribution in [0.5, 0.6) is 0 Å². The molecule has 5 aromatic rings. The molecule has 4 heterocycles. The molecule has 1 aromatic carbocycles. The first-order chi connectivity index (χ1) is 13.2. The van der Waals surface area contributed by atoms with Crippen LogP contribution in [-0.4, -0.2) is 9.55 Å². The lowest BCUT2D eigenvalue weighted by Crippen LogP contribution is -2.27. The summed E-state index contributed by atoms with van der Waals surface area (Å²) in [6.45, 7) is 0.175. The van der Waals surface area contributed by atoms with E-state index in [2.05, 4.69) is 4.98 Å². The largest absolute Gasteiger partial charge is 0.467 e. The first kappa shape index (κ1) is 15.8. The molecule has 0 saturated carbocycles. The summed E-state index contributed by atoms with van der Waals surface area (Å²) < 4.78 is 12.6. The van der Waals surface area contributed by atoms with Gasteiger partial charge in [-0.2, -0.15) is 4.98 Å². The van der Waals surface area contributed by atoms with E-state index in [-0.39, 0.29) is 23.1 Å². The van der Waals surface area contributed by atoms with Gasteiger partial charge in [-0.1, -0.05) is 18.2 Å². The Morgan fingerprint density at radius 3 is 2.70 bits per heavy atom. The molecule has 132 valence electrons. The maximum Gasteiger partial charge on any atom is 0.269 e. The van der Waals surface area contributed by atoms with E-state index in [9.17, 15) is 9.59 Å². The highest BCUT2D eigenvalue weighted by Gasteiger charge is 2.19. The van der Waals surface area contributed by atoms with Gasteiger partial charge in [0.05, 0.1) is 23.1 Å². The van der Waals surface area contributed by atoms with E-state index in [1.165, 1.54) is 15.9 Å². The van der Waals surface area contributed by atoms with Crippen LogP contribution < -0.4 is 11.0 Å². The van der Waals surface area contributed by atoms with Gasteiger partial charge < -0.3 is 8.83 Å². The van der Waals surface area contributed by atoms with Crippen LogP contribution in [0.2, 0.25) is 0 Å². The standard InChI is InChI=1S/C20H12N2O4S/c23-17-13-6-1-2-7-14(13)26-19-16(17)20(24)22(11-12-5-3-9-25-12)18(21-19)15-8-4-10-27-15/h1-10H,11H2. The Bertz CT molecular complexity index is 1380. The number of furan rings is 1. The lowest BCUT2D eigenvalue weighted by Gasteiger charge is -2.11. The van der Waals surface area contributed by atoms with Crippen molar-refractivity contribution < 1.29 is 8.83 Å². The second-order valence-electron chi connectivity index (χ2n) is 5.99. The van der Waals surface area contributed by atoms with Crippen molar-refractivity contribution in [2.45, 2.75) is 6.54 Å². The van der Waals surface area contributed by atoms with Crippen LogP contribution in [0.1, 0.15) is 5.76 Å². The minimum Gasteiger partial charge on any atom is -0.467 e. The normalized spacial score (nSPS) is 11.4. The highest BCUT2D eigenvalue weighted by Crippen LogP contribution is 2.25. The van der Waals surface area contributed by atoms with Crippen molar-refractivity contribution in [2.75, 3.05) is 0 Å². The van der Waals surface area contributed by atoms with Gasteiger partial charge >= 0.3 is 0 Å². The van der Waals surface area contributed by atoms with Gasteiger partial charge in [-0.3, -0.25) is 14.2 Å². The Balaban J connectivity index is 1.90. The molecule has 0 bridgehead atoms. The van der Waals surface area contributed by atoms with Gasteiger partial charge in [0.2, 0.25) is 11.1 Å². The fourth-order valence-corrected chi connectivity index (χ4v) is 3.81. The smallest absolute Gasteiger partial charge is 0.269 e. The van der Waals surface area contributed by atoms with Crippen molar-refractivity contribution >= 4 is 33.4 Å². The fourth-order valence-electron chi connectivity index (χ4n) is 3.08. The van der Waals surface area contributed by atoms with Gasteiger partial charge in [0.15, 0.2) is 11.2 Å². The quantitative estimate of drug-likeness (QED) is 0.447. The molecule has 5 rings (SSSR count). The molecule has 0 saturated heterocycles. The van der Waals surface area contributed by atoms with Gasteiger partial charge in [-0.05, 0) is 35.7 Å². The molecule has 7 heteroatoms. The highest BCUT2D eigenvalue weighted by molar-refractivity contribution is 7.13. The van der Waals surface area contributed by atoms with Crippen molar-refractivity contribution in [3.63, 3.8) is 0 Å². The number of rotatable bonds is 3. The molecule has 27 heavy (non-hydrogen) atoms. The van der Waals surface area contributed by atoms with Crippen LogP contribution in [0.15, 0.2) is 78.6 Å². The molecule has 0 unspecified atom stereocenters. The average Bonchev–Trinajstić information content (AvgIpc) is 3.38. The van der Waals surface area contributed by atoms with Crippen LogP contribution >= 0.6 is 11.3 Å². The number of nitrogens with zero attached hydrogens (tertiary/aromatic N) is 2. The molecule has 0 aliphatic rings. The van der Waals surface area contributed by atoms with E-state index < -0.39 is 5.56 Å². The van der Waals surface area contributed by atoms with Crippen molar-refractivity contribution in [1.82, 2.24) is 9.55 Å². The molecule has 0 amide bonds. The Hall–Kier alpha value is -3.45. The first-order valence-electron chi connectivity index (χ1n) is 8.25. The molecule has 0 radical (unpaired) electrons. The van der Waals surface area contributed by atoms with Crippen LogP contribution in [0.4, 0.5) is 0 Å². The van der Waals surface area contributed by atoms with Gasteiger partial charge in [0.25, 0.3) is 5.56 Å². The summed E-state index contributed by atoms with van der Waals surface area (Å²) in [5, 5.41) is 2.21. The fraction of sp³-hybridized carbons (Fsp3) is 0.0500. The molecule has 0 N–H and O–H groups in total. The van der Waals surface area contributed by atoms with Crippen LogP contribution in [0.3, 0.4) is 0 Å². The van der Waals surface area contributed by atoms with E-state index in [0.29, 0.717) is 22.6 Å². The number of hydrogen-bond acceptors (Lipinski definition) is 6. The third kappa shape index (κ3) is 2.51. The summed E-state index contributed by atoms with van der Waals surface area (Å²) >= 11 is 1.46. The molecule has 0 aliphatic carbocycles. The van der Waals surface area contributed by atoms with Gasteiger partial charge in [-0.25, -0.2) is 0 Å². The lowest BCUT2D eigenvalue weighted by atomic mass is 10.2. The third-order valence-electron chi connectivity index (χ3n) is 4.34. The Kier molecular flexibility index (Phi) is 3.54. The van der Waals surface area contributed by atoms with E-state index in [0.717, 1.165) is 4.88 Å². The van der Waals surface area contributed by atoms with Crippen molar-refractivity contribution in [3.8, 4) is 10.7 Å². The summed E-state index contributed by atoms with van der Waals surface area (Å²) in [4.78, 5) is 31.5. The highest BCUT2D eigenvalue weighted by atomic mass is 32.1. The zero-order valence-corrected chi connectivity index (χ0v) is 14.7. The predicted octanol–water partition coefficient (Wildman–Crippen LogP) is 3.87. The number of fused-ring (bicyclic) bond motifs is 2. The number of hydrogen-bond donors (Lipinski definition) is 0. The van der Waals surface area contributed by atoms with Gasteiger partial charge in [0.1, 0.15) is 11.3 Å². The molecule has 6 nitrogen and oxygen atoms in total. The molecule has 4 aromatic heterocycles. The molecular weight excluding hydrogens is 364 g/mol. The van der Waals surface area contributed by atoms with Gasteiger partial charge in [0, 0.05) is 0 Å². The van der Waals surface area contributed by atoms with Crippen LogP contribution in [0, 0.1) is 0 Å². The van der Waals surface area contributed by atoms with E-state index in [1.807, 2.05) is 17.5 Å². The predicted molar refractivity (Wildman–Crippen MR) is 103 cm³/mol. The summed E-state index contributed by atoms with van der Waals surface area (Å²) in [6.07, 6.45) is 1.54. The number of benzene rings is 1. The zero-order valence-electron chi connectivity index (χ0n) is 13.9. The molecule has 0 aliphatic heterocycles. The third-order valence-corrected chi connectivity index (χ3v) is 5.20. The monoisotopic (exact) mass is 376 g/mol. The molecule has 0 atom stereocenters. The summed E-state index contributed by atoms with van der Waals surface area (Å²) in [5.74, 6) is 1.04. The van der Waals surface area contributed by atoms with Crippen LogP contribution in [-0.2, 0) is 6.54 Å². The van der Waals surface area contributed by atoms with Gasteiger partial charge in [-0.15, -0.1) is 11.3 Å².